The van der Waals surface area contributed by atoms with Gasteiger partial charge in [-0.2, -0.15) is 0 Å². The molecule has 0 fully saturated rings. The number of ether oxygens (including phenoxy) is 1. The Bertz CT molecular complexity index is 859. The van der Waals surface area contributed by atoms with Gasteiger partial charge >= 0.3 is 0 Å². The van der Waals surface area contributed by atoms with Gasteiger partial charge in [-0.05, 0) is 34.0 Å². The molecule has 3 N–H and O–H groups in total. The first-order valence-corrected chi connectivity index (χ1v) is 9.09. The van der Waals surface area contributed by atoms with Crippen LogP contribution in [0.15, 0.2) is 39.6 Å². The lowest BCUT2D eigenvalue weighted by Gasteiger charge is -2.16. The van der Waals surface area contributed by atoms with Crippen molar-refractivity contribution >= 4 is 44.1 Å². The fourth-order valence-corrected chi connectivity index (χ4v) is 4.05. The Labute approximate surface area is 151 Å². The molecule has 0 aliphatic carbocycles. The Hall–Kier alpha value is -1.83. The maximum absolute atomic E-state index is 12.5. The van der Waals surface area contributed by atoms with Crippen LogP contribution >= 0.6 is 27.3 Å². The van der Waals surface area contributed by atoms with Gasteiger partial charge in [-0.15, -0.1) is 11.3 Å². The van der Waals surface area contributed by atoms with Gasteiger partial charge in [0.25, 0.3) is 5.91 Å². The van der Waals surface area contributed by atoms with E-state index in [1.807, 2.05) is 30.5 Å². The molecule has 0 aliphatic rings. The second kappa shape index (κ2) is 7.38. The van der Waals surface area contributed by atoms with Crippen molar-refractivity contribution in [3.05, 3.63) is 50.8 Å². The number of carbonyl (C=O) groups excluding carboxylic acids is 1. The van der Waals surface area contributed by atoms with Gasteiger partial charge in [0, 0.05) is 22.5 Å². The number of halogens is 1. The minimum Gasteiger partial charge on any atom is -0.494 e. The molecule has 1 amide bonds. The molecule has 126 valence electrons. The fourth-order valence-electron chi connectivity index (χ4n) is 2.66. The summed E-state index contributed by atoms with van der Waals surface area (Å²) in [4.78, 5) is 15.7. The lowest BCUT2D eigenvalue weighted by atomic mass is 10.1. The van der Waals surface area contributed by atoms with Gasteiger partial charge in [-0.1, -0.05) is 18.2 Å². The molecule has 2 heterocycles. The Morgan fingerprint density at radius 3 is 3.00 bits per heavy atom. The average molecular weight is 409 g/mol. The Balaban J connectivity index is 1.76. The zero-order valence-electron chi connectivity index (χ0n) is 13.0. The van der Waals surface area contributed by atoms with Gasteiger partial charge in [0.2, 0.25) is 0 Å². The van der Waals surface area contributed by atoms with Gasteiger partial charge in [0.1, 0.15) is 3.79 Å². The number of H-pyrrole nitrogens is 1. The number of amides is 1. The molecule has 0 bridgehead atoms. The highest BCUT2D eigenvalue weighted by Crippen LogP contribution is 2.35. The van der Waals surface area contributed by atoms with Crippen molar-refractivity contribution in [3.8, 4) is 5.75 Å². The molecular weight excluding hydrogens is 392 g/mol. The first-order chi connectivity index (χ1) is 11.6. The summed E-state index contributed by atoms with van der Waals surface area (Å²) < 4.78 is 6.02. The van der Waals surface area contributed by atoms with Gasteiger partial charge in [-0.3, -0.25) is 4.79 Å². The van der Waals surface area contributed by atoms with E-state index in [0.717, 1.165) is 20.3 Å². The smallest absolute Gasteiger partial charge is 0.256 e. The maximum Gasteiger partial charge on any atom is 0.256 e. The number of carbonyl (C=O) groups is 1. The van der Waals surface area contributed by atoms with Gasteiger partial charge in [0.15, 0.2) is 5.75 Å². The van der Waals surface area contributed by atoms with Gasteiger partial charge < -0.3 is 20.1 Å². The molecule has 3 aromatic rings. The lowest BCUT2D eigenvalue weighted by Crippen LogP contribution is -2.39. The highest BCUT2D eigenvalue weighted by Gasteiger charge is 2.21. The van der Waals surface area contributed by atoms with Crippen molar-refractivity contribution in [2.45, 2.75) is 12.5 Å². The number of aliphatic hydroxyl groups excluding tert-OH is 1. The molecule has 1 atom stereocenters. The zero-order chi connectivity index (χ0) is 17.1. The van der Waals surface area contributed by atoms with E-state index in [-0.39, 0.29) is 18.6 Å². The summed E-state index contributed by atoms with van der Waals surface area (Å²) in [6.07, 6.45) is 2.46. The monoisotopic (exact) mass is 408 g/mol. The maximum atomic E-state index is 12.5. The molecule has 24 heavy (non-hydrogen) atoms. The number of aliphatic hydroxyl groups is 1. The molecule has 0 unspecified atom stereocenters. The molecule has 0 spiro atoms. The first kappa shape index (κ1) is 17.0. The summed E-state index contributed by atoms with van der Waals surface area (Å²) in [5.41, 5.74) is 2.56. The molecule has 5 nitrogen and oxygen atoms in total. The van der Waals surface area contributed by atoms with Crippen LogP contribution in [-0.2, 0) is 6.42 Å². The van der Waals surface area contributed by atoms with Crippen molar-refractivity contribution in [1.82, 2.24) is 10.3 Å². The Morgan fingerprint density at radius 2 is 2.25 bits per heavy atom. The third-order valence-electron chi connectivity index (χ3n) is 3.85. The molecule has 0 saturated heterocycles. The van der Waals surface area contributed by atoms with E-state index in [4.69, 9.17) is 4.74 Å². The van der Waals surface area contributed by atoms with Crippen LogP contribution in [0.25, 0.3) is 10.9 Å². The molecular formula is C17H17BrN2O3S. The van der Waals surface area contributed by atoms with Crippen LogP contribution in [0.3, 0.4) is 0 Å². The largest absolute Gasteiger partial charge is 0.494 e. The van der Waals surface area contributed by atoms with Gasteiger partial charge in [0.05, 0.1) is 25.3 Å². The lowest BCUT2D eigenvalue weighted by molar-refractivity contribution is 0.0914. The third-order valence-corrected chi connectivity index (χ3v) is 5.52. The number of fused-ring (bicyclic) bond motifs is 1. The fraction of sp³-hybridized carbons (Fsp3) is 0.235. The minimum atomic E-state index is -0.375. The van der Waals surface area contributed by atoms with Crippen LogP contribution in [0.5, 0.6) is 5.75 Å². The number of rotatable bonds is 6. The van der Waals surface area contributed by atoms with Crippen molar-refractivity contribution in [2.75, 3.05) is 13.7 Å². The molecule has 7 heteroatoms. The summed E-state index contributed by atoms with van der Waals surface area (Å²) in [6.45, 7) is -0.140. The summed E-state index contributed by atoms with van der Waals surface area (Å²) in [7, 11) is 1.53. The number of hydrogen-bond donors (Lipinski definition) is 3. The van der Waals surface area contributed by atoms with E-state index in [1.165, 1.54) is 18.4 Å². The molecule has 0 radical (unpaired) electrons. The number of thiophene rings is 1. The minimum absolute atomic E-state index is 0.140. The number of benzene rings is 1. The van der Waals surface area contributed by atoms with E-state index in [2.05, 4.69) is 26.2 Å². The zero-order valence-corrected chi connectivity index (χ0v) is 15.4. The first-order valence-electron chi connectivity index (χ1n) is 7.41. The molecule has 3 rings (SSSR count). The summed E-state index contributed by atoms with van der Waals surface area (Å²) in [5, 5.41) is 15.4. The van der Waals surface area contributed by atoms with Crippen LogP contribution in [0.4, 0.5) is 0 Å². The van der Waals surface area contributed by atoms with E-state index < -0.39 is 0 Å². The van der Waals surface area contributed by atoms with E-state index in [1.54, 1.807) is 5.38 Å². The number of methoxy groups -OCH3 is 1. The Morgan fingerprint density at radius 1 is 1.46 bits per heavy atom. The van der Waals surface area contributed by atoms with Gasteiger partial charge in [-0.25, -0.2) is 0 Å². The van der Waals surface area contributed by atoms with Crippen LogP contribution < -0.4 is 10.1 Å². The standard InChI is InChI=1S/C17H17BrN2O3S/c1-23-15-13(9-24-16(15)18)17(22)20-11(8-21)6-10-7-19-14-5-3-2-4-12(10)14/h2-5,7,9,11,19,21H,6,8H2,1H3,(H,20,22)/t11-/m1/s1. The molecule has 0 saturated carbocycles. The highest BCUT2D eigenvalue weighted by atomic mass is 79.9. The topological polar surface area (TPSA) is 74.3 Å². The Kier molecular flexibility index (Phi) is 5.23. The predicted molar refractivity (Wildman–Crippen MR) is 98.9 cm³/mol. The van der Waals surface area contributed by atoms with E-state index in [9.17, 15) is 9.90 Å². The second-order valence-corrected chi connectivity index (χ2v) is 7.57. The second-order valence-electron chi connectivity index (χ2n) is 5.37. The SMILES string of the molecule is COc1c(C(=O)N[C@@H](CO)Cc2c[nH]c3ccccc23)csc1Br. The summed E-state index contributed by atoms with van der Waals surface area (Å²) in [6, 6.07) is 7.59. The molecule has 1 aromatic carbocycles. The summed E-state index contributed by atoms with van der Waals surface area (Å²) in [5.74, 6) is 0.258. The normalized spacial score (nSPS) is 12.3. The number of hydrogen-bond acceptors (Lipinski definition) is 4. The third kappa shape index (κ3) is 3.33. The van der Waals surface area contributed by atoms with E-state index in [0.29, 0.717) is 17.7 Å². The van der Waals surface area contributed by atoms with Crippen molar-refractivity contribution in [2.24, 2.45) is 0 Å². The van der Waals surface area contributed by atoms with E-state index >= 15 is 0 Å². The number of nitrogens with one attached hydrogen (secondary N) is 2. The average Bonchev–Trinajstić information content (AvgIpc) is 3.17. The predicted octanol–water partition coefficient (Wildman–Crippen LogP) is 3.33. The number of aromatic amines is 1. The van der Waals surface area contributed by atoms with Crippen molar-refractivity contribution in [3.63, 3.8) is 0 Å². The molecule has 0 aliphatic heterocycles. The van der Waals surface area contributed by atoms with Crippen LogP contribution in [-0.4, -0.2) is 35.8 Å². The molecule has 2 aromatic heterocycles. The van der Waals surface area contributed by atoms with Crippen LogP contribution in [0.2, 0.25) is 0 Å². The quantitative estimate of drug-likeness (QED) is 0.585. The van der Waals surface area contributed by atoms with Crippen molar-refractivity contribution < 1.29 is 14.6 Å². The van der Waals surface area contributed by atoms with Crippen molar-refractivity contribution in [1.29, 1.82) is 0 Å². The van der Waals surface area contributed by atoms with Crippen LogP contribution in [0.1, 0.15) is 15.9 Å². The number of aromatic nitrogens is 1. The summed E-state index contributed by atoms with van der Waals surface area (Å²) >= 11 is 4.75. The van der Waals surface area contributed by atoms with Crippen LogP contribution in [0, 0.1) is 0 Å². The number of para-hydroxylation sites is 1. The highest BCUT2D eigenvalue weighted by molar-refractivity contribution is 9.11.